The van der Waals surface area contributed by atoms with E-state index in [0.29, 0.717) is 6.54 Å². The fourth-order valence-corrected chi connectivity index (χ4v) is 3.31. The first kappa shape index (κ1) is 21.0. The molecule has 2 rings (SSSR count). The molecule has 0 bridgehead atoms. The topological polar surface area (TPSA) is 73.7 Å². The Morgan fingerprint density at radius 3 is 2.52 bits per heavy atom. The number of aromatic nitrogens is 2. The van der Waals surface area contributed by atoms with Gasteiger partial charge in [0.05, 0.1) is 11.7 Å². The molecule has 1 aliphatic heterocycles. The van der Waals surface area contributed by atoms with Gasteiger partial charge in [-0.1, -0.05) is 0 Å². The van der Waals surface area contributed by atoms with Gasteiger partial charge in [-0.15, -0.1) is 0 Å². The molecule has 1 aliphatic rings. The van der Waals surface area contributed by atoms with Gasteiger partial charge in [-0.3, -0.25) is 4.68 Å². The highest BCUT2D eigenvalue weighted by Gasteiger charge is 2.36. The molecule has 0 N–H and O–H groups in total. The van der Waals surface area contributed by atoms with Crippen LogP contribution in [0.2, 0.25) is 0 Å². The van der Waals surface area contributed by atoms with Crippen LogP contribution in [0, 0.1) is 13.8 Å². The van der Waals surface area contributed by atoms with Gasteiger partial charge in [0.2, 0.25) is 0 Å². The van der Waals surface area contributed by atoms with E-state index >= 15 is 0 Å². The molecule has 1 saturated heterocycles. The van der Waals surface area contributed by atoms with E-state index in [4.69, 9.17) is 9.47 Å². The average Bonchev–Trinajstić information content (AvgIpc) is 3.10. The number of amides is 1. The number of hydrogen-bond acceptors (Lipinski definition) is 5. The predicted molar refractivity (Wildman–Crippen MR) is 103 cm³/mol. The number of carbonyl (C=O) groups excluding carboxylic acids is 2. The van der Waals surface area contributed by atoms with Crippen LogP contribution in [-0.4, -0.2) is 51.0 Å². The minimum Gasteiger partial charge on any atom is -0.457 e. The summed E-state index contributed by atoms with van der Waals surface area (Å²) in [5, 5.41) is 4.33. The lowest BCUT2D eigenvalue weighted by molar-refractivity contribution is -0.144. The zero-order valence-corrected chi connectivity index (χ0v) is 17.4. The molecular formula is C20H31N3O4. The zero-order valence-electron chi connectivity index (χ0n) is 17.4. The molecular weight excluding hydrogens is 346 g/mol. The summed E-state index contributed by atoms with van der Waals surface area (Å²) in [6.45, 7) is 11.8. The maximum Gasteiger partial charge on any atom is 0.410 e. The molecule has 2 atom stereocenters. The smallest absolute Gasteiger partial charge is 0.410 e. The van der Waals surface area contributed by atoms with Crippen molar-refractivity contribution in [2.75, 3.05) is 6.54 Å². The number of nitrogens with zero attached hydrogens (tertiary/aromatic N) is 3. The molecule has 1 fully saturated rings. The van der Waals surface area contributed by atoms with Crippen LogP contribution in [-0.2, 0) is 21.3 Å². The third kappa shape index (κ3) is 5.34. The first-order valence-electron chi connectivity index (χ1n) is 9.38. The lowest BCUT2D eigenvalue weighted by Gasteiger charge is -2.31. The fraction of sp³-hybridized carbons (Fsp3) is 0.650. The minimum atomic E-state index is -0.549. The van der Waals surface area contributed by atoms with Crippen molar-refractivity contribution < 1.29 is 19.1 Å². The van der Waals surface area contributed by atoms with Crippen molar-refractivity contribution in [2.24, 2.45) is 7.05 Å². The molecule has 150 valence electrons. The van der Waals surface area contributed by atoms with Gasteiger partial charge in [-0.25, -0.2) is 9.59 Å². The van der Waals surface area contributed by atoms with Gasteiger partial charge in [0.15, 0.2) is 0 Å². The van der Waals surface area contributed by atoms with E-state index in [1.807, 2.05) is 48.6 Å². The Kier molecular flexibility index (Phi) is 6.34. The maximum absolute atomic E-state index is 12.4. The van der Waals surface area contributed by atoms with Crippen molar-refractivity contribution in [1.82, 2.24) is 14.7 Å². The van der Waals surface area contributed by atoms with Crippen LogP contribution in [0.4, 0.5) is 4.79 Å². The van der Waals surface area contributed by atoms with Crippen LogP contribution in [0.5, 0.6) is 0 Å². The predicted octanol–water partition coefficient (Wildman–Crippen LogP) is 3.38. The fourth-order valence-electron chi connectivity index (χ4n) is 3.31. The van der Waals surface area contributed by atoms with E-state index in [1.54, 1.807) is 15.7 Å². The molecule has 2 unspecified atom stereocenters. The lowest BCUT2D eigenvalue weighted by Crippen LogP contribution is -2.45. The quantitative estimate of drug-likeness (QED) is 0.594. The van der Waals surface area contributed by atoms with Crippen LogP contribution in [0.15, 0.2) is 6.08 Å². The standard InChI is InChI=1S/C20H31N3O4/c1-13-16(14(2)22(7)21-13)10-11-18(24)26-15(3)17-9-8-12-23(17)19(25)27-20(4,5)6/h10-11,15,17H,8-9,12H2,1-7H3/b11-10+. The highest BCUT2D eigenvalue weighted by atomic mass is 16.6. The molecule has 0 saturated carbocycles. The summed E-state index contributed by atoms with van der Waals surface area (Å²) in [6, 6.07) is -0.168. The Morgan fingerprint density at radius 2 is 1.96 bits per heavy atom. The van der Waals surface area contributed by atoms with E-state index in [-0.39, 0.29) is 12.1 Å². The van der Waals surface area contributed by atoms with Crippen LogP contribution in [0.1, 0.15) is 57.5 Å². The zero-order chi connectivity index (χ0) is 20.4. The van der Waals surface area contributed by atoms with Crippen LogP contribution < -0.4 is 0 Å². The molecule has 0 radical (unpaired) electrons. The Labute approximate surface area is 161 Å². The van der Waals surface area contributed by atoms with Gasteiger partial charge in [0, 0.05) is 30.9 Å². The SMILES string of the molecule is Cc1nn(C)c(C)c1/C=C/C(=O)OC(C)C1CCCN1C(=O)OC(C)(C)C. The van der Waals surface area contributed by atoms with Gasteiger partial charge < -0.3 is 14.4 Å². The molecule has 27 heavy (non-hydrogen) atoms. The number of rotatable bonds is 4. The number of ether oxygens (including phenoxy) is 2. The summed E-state index contributed by atoms with van der Waals surface area (Å²) in [7, 11) is 1.87. The summed E-state index contributed by atoms with van der Waals surface area (Å²) >= 11 is 0. The Hall–Kier alpha value is -2.31. The van der Waals surface area contributed by atoms with Crippen molar-refractivity contribution in [3.8, 4) is 0 Å². The third-order valence-electron chi connectivity index (χ3n) is 4.72. The number of aryl methyl sites for hydroxylation is 2. The second-order valence-corrected chi connectivity index (χ2v) is 8.07. The monoisotopic (exact) mass is 377 g/mol. The minimum absolute atomic E-state index is 0.168. The molecule has 7 nitrogen and oxygen atoms in total. The molecule has 1 aromatic heterocycles. The van der Waals surface area contributed by atoms with Gasteiger partial charge in [0.1, 0.15) is 11.7 Å². The molecule has 1 aromatic rings. The van der Waals surface area contributed by atoms with Gasteiger partial charge in [-0.05, 0) is 60.5 Å². The van der Waals surface area contributed by atoms with Crippen molar-refractivity contribution in [3.05, 3.63) is 23.0 Å². The van der Waals surface area contributed by atoms with E-state index in [9.17, 15) is 9.59 Å². The summed E-state index contributed by atoms with van der Waals surface area (Å²) in [5.74, 6) is -0.429. The van der Waals surface area contributed by atoms with E-state index in [1.165, 1.54) is 6.08 Å². The Balaban J connectivity index is 1.98. The number of carbonyl (C=O) groups is 2. The Bertz CT molecular complexity index is 730. The van der Waals surface area contributed by atoms with Crippen molar-refractivity contribution in [3.63, 3.8) is 0 Å². The van der Waals surface area contributed by atoms with Crippen LogP contribution >= 0.6 is 0 Å². The van der Waals surface area contributed by atoms with Gasteiger partial charge in [0.25, 0.3) is 0 Å². The molecule has 0 spiro atoms. The highest BCUT2D eigenvalue weighted by molar-refractivity contribution is 5.87. The number of likely N-dealkylation sites (tertiary alicyclic amines) is 1. The van der Waals surface area contributed by atoms with Crippen LogP contribution in [0.25, 0.3) is 6.08 Å². The van der Waals surface area contributed by atoms with Crippen molar-refractivity contribution >= 4 is 18.1 Å². The van der Waals surface area contributed by atoms with E-state index < -0.39 is 17.7 Å². The average molecular weight is 377 g/mol. The maximum atomic E-state index is 12.4. The molecule has 0 aromatic carbocycles. The molecule has 0 aliphatic carbocycles. The second kappa shape index (κ2) is 8.15. The van der Waals surface area contributed by atoms with Crippen molar-refractivity contribution in [2.45, 2.75) is 72.1 Å². The van der Waals surface area contributed by atoms with Gasteiger partial charge in [-0.2, -0.15) is 5.10 Å². The highest BCUT2D eigenvalue weighted by Crippen LogP contribution is 2.24. The molecule has 1 amide bonds. The summed E-state index contributed by atoms with van der Waals surface area (Å²) < 4.78 is 12.8. The lowest BCUT2D eigenvalue weighted by atomic mass is 10.1. The third-order valence-corrected chi connectivity index (χ3v) is 4.72. The van der Waals surface area contributed by atoms with E-state index in [2.05, 4.69) is 5.10 Å². The van der Waals surface area contributed by atoms with E-state index in [0.717, 1.165) is 29.8 Å². The molecule has 2 heterocycles. The normalized spacial score (nSPS) is 18.8. The molecule has 7 heteroatoms. The number of esters is 1. The summed E-state index contributed by atoms with van der Waals surface area (Å²) in [4.78, 5) is 26.3. The first-order valence-corrected chi connectivity index (χ1v) is 9.38. The largest absolute Gasteiger partial charge is 0.457 e. The number of hydrogen-bond donors (Lipinski definition) is 0. The van der Waals surface area contributed by atoms with Crippen LogP contribution in [0.3, 0.4) is 0 Å². The first-order chi connectivity index (χ1) is 12.5. The van der Waals surface area contributed by atoms with Crippen molar-refractivity contribution in [1.29, 1.82) is 0 Å². The summed E-state index contributed by atoms with van der Waals surface area (Å²) in [5.41, 5.74) is 2.21. The van der Waals surface area contributed by atoms with Gasteiger partial charge >= 0.3 is 12.1 Å². The summed E-state index contributed by atoms with van der Waals surface area (Å²) in [6.07, 6.45) is 4.04. The Morgan fingerprint density at radius 1 is 1.30 bits per heavy atom. The second-order valence-electron chi connectivity index (χ2n) is 8.07.